The van der Waals surface area contributed by atoms with Gasteiger partial charge in [0.1, 0.15) is 5.15 Å². The van der Waals surface area contributed by atoms with E-state index in [-0.39, 0.29) is 0 Å². The fourth-order valence-corrected chi connectivity index (χ4v) is 2.29. The molecule has 0 aromatic carbocycles. The minimum Gasteiger partial charge on any atom is -0.463 e. The Kier molecular flexibility index (Phi) is 4.57. The molecule has 94 valence electrons. The monoisotopic (exact) mass is 255 g/mol. The molecule has 0 unspecified atom stereocenters. The molecule has 1 fully saturated rings. The lowest BCUT2D eigenvalue weighted by molar-refractivity contribution is 0.237. The number of ether oxygens (including phenoxy) is 1. The van der Waals surface area contributed by atoms with Crippen molar-refractivity contribution in [2.24, 2.45) is 5.92 Å². The Morgan fingerprint density at radius 3 is 2.88 bits per heavy atom. The van der Waals surface area contributed by atoms with Gasteiger partial charge < -0.3 is 10.1 Å². The fraction of sp³-hybridized carbons (Fsp3) is 0.667. The molecule has 1 aliphatic heterocycles. The van der Waals surface area contributed by atoms with Gasteiger partial charge in [-0.25, -0.2) is 4.98 Å². The second kappa shape index (κ2) is 6.17. The number of halogens is 1. The van der Waals surface area contributed by atoms with Crippen LogP contribution in [0.4, 0.5) is 0 Å². The maximum atomic E-state index is 5.84. The Hall–Kier alpha value is -0.870. The van der Waals surface area contributed by atoms with E-state index in [9.17, 15) is 0 Å². The number of piperidine rings is 1. The second-order valence-electron chi connectivity index (χ2n) is 4.45. The number of hydrogen-bond acceptors (Lipinski definition) is 4. The van der Waals surface area contributed by atoms with Gasteiger partial charge in [0.15, 0.2) is 0 Å². The highest BCUT2D eigenvalue weighted by molar-refractivity contribution is 6.29. The molecule has 1 aromatic heterocycles. The Labute approximate surface area is 107 Å². The number of nitrogens with one attached hydrogen (secondary N) is 1. The Morgan fingerprint density at radius 2 is 2.18 bits per heavy atom. The summed E-state index contributed by atoms with van der Waals surface area (Å²) in [5.74, 6) is 0.761. The Bertz CT molecular complexity index is 347. The lowest BCUT2D eigenvalue weighted by atomic mass is 9.95. The van der Waals surface area contributed by atoms with Gasteiger partial charge in [0.05, 0.1) is 6.61 Å². The predicted octanol–water partition coefficient (Wildman–Crippen LogP) is 2.21. The van der Waals surface area contributed by atoms with Crippen LogP contribution < -0.4 is 10.1 Å². The lowest BCUT2D eigenvalue weighted by Crippen LogP contribution is -2.28. The molecule has 0 spiro atoms. The molecule has 1 aliphatic rings. The molecule has 0 atom stereocenters. The summed E-state index contributed by atoms with van der Waals surface area (Å²) < 4.78 is 5.54. The predicted molar refractivity (Wildman–Crippen MR) is 67.5 cm³/mol. The van der Waals surface area contributed by atoms with Gasteiger partial charge in [-0.15, -0.1) is 0 Å². The third-order valence-electron chi connectivity index (χ3n) is 3.02. The first kappa shape index (κ1) is 12.6. The zero-order valence-corrected chi connectivity index (χ0v) is 10.8. The summed E-state index contributed by atoms with van der Waals surface area (Å²) in [6.45, 7) is 4.80. The van der Waals surface area contributed by atoms with Crippen LogP contribution in [0.15, 0.2) is 6.07 Å². The molecule has 4 nitrogen and oxygen atoms in total. The largest absolute Gasteiger partial charge is 0.463 e. The molecule has 0 radical (unpaired) electrons. The van der Waals surface area contributed by atoms with Crippen molar-refractivity contribution in [3.8, 4) is 6.01 Å². The lowest BCUT2D eigenvalue weighted by Gasteiger charge is -2.22. The quantitative estimate of drug-likeness (QED) is 0.838. The summed E-state index contributed by atoms with van der Waals surface area (Å²) >= 11 is 5.84. The SMILES string of the molecule is Cc1cc(Cl)nc(OCCC2CCNCC2)n1. The zero-order valence-electron chi connectivity index (χ0n) is 10.1. The second-order valence-corrected chi connectivity index (χ2v) is 4.83. The van der Waals surface area contributed by atoms with Gasteiger partial charge in [-0.1, -0.05) is 11.6 Å². The van der Waals surface area contributed by atoms with E-state index in [1.165, 1.54) is 12.8 Å². The highest BCUT2D eigenvalue weighted by Gasteiger charge is 2.13. The van der Waals surface area contributed by atoms with Crippen LogP contribution in [-0.2, 0) is 0 Å². The summed E-state index contributed by atoms with van der Waals surface area (Å²) in [7, 11) is 0. The first-order valence-electron chi connectivity index (χ1n) is 6.09. The molecule has 0 bridgehead atoms. The summed E-state index contributed by atoms with van der Waals surface area (Å²) in [5.41, 5.74) is 0.835. The minimum absolute atomic E-state index is 0.393. The van der Waals surface area contributed by atoms with Crippen molar-refractivity contribution in [3.63, 3.8) is 0 Å². The van der Waals surface area contributed by atoms with Crippen LogP contribution in [0.2, 0.25) is 5.15 Å². The molecular formula is C12H18ClN3O. The number of nitrogens with zero attached hydrogens (tertiary/aromatic N) is 2. The average molecular weight is 256 g/mol. The summed E-state index contributed by atoms with van der Waals surface area (Å²) in [6.07, 6.45) is 3.54. The van der Waals surface area contributed by atoms with Crippen LogP contribution in [0.5, 0.6) is 6.01 Å². The molecular weight excluding hydrogens is 238 g/mol. The van der Waals surface area contributed by atoms with E-state index in [0.717, 1.165) is 31.1 Å². The van der Waals surface area contributed by atoms with Gasteiger partial charge in [-0.3, -0.25) is 0 Å². The van der Waals surface area contributed by atoms with Crippen LogP contribution in [0.25, 0.3) is 0 Å². The molecule has 1 aromatic rings. The first-order chi connectivity index (χ1) is 8.24. The Morgan fingerprint density at radius 1 is 1.41 bits per heavy atom. The van der Waals surface area contributed by atoms with Crippen molar-refractivity contribution in [2.45, 2.75) is 26.2 Å². The van der Waals surface area contributed by atoms with E-state index < -0.39 is 0 Å². The molecule has 0 amide bonds. The van der Waals surface area contributed by atoms with Gasteiger partial charge in [0.2, 0.25) is 0 Å². The third-order valence-corrected chi connectivity index (χ3v) is 3.21. The molecule has 5 heteroatoms. The van der Waals surface area contributed by atoms with Crippen molar-refractivity contribution in [1.29, 1.82) is 0 Å². The summed E-state index contributed by atoms with van der Waals surface area (Å²) in [4.78, 5) is 8.22. The van der Waals surface area contributed by atoms with Crippen molar-refractivity contribution in [3.05, 3.63) is 16.9 Å². The summed E-state index contributed by atoms with van der Waals surface area (Å²) in [5, 5.41) is 3.79. The van der Waals surface area contributed by atoms with Gasteiger partial charge in [-0.2, -0.15) is 4.98 Å². The van der Waals surface area contributed by atoms with Crippen LogP contribution in [-0.4, -0.2) is 29.7 Å². The molecule has 0 aliphatic carbocycles. The standard InChI is InChI=1S/C12H18ClN3O/c1-9-8-11(13)16-12(15-9)17-7-4-10-2-5-14-6-3-10/h8,10,14H,2-7H2,1H3. The molecule has 1 N–H and O–H groups in total. The van der Waals surface area contributed by atoms with Crippen LogP contribution in [0.3, 0.4) is 0 Å². The van der Waals surface area contributed by atoms with Gasteiger partial charge >= 0.3 is 6.01 Å². The maximum Gasteiger partial charge on any atom is 0.318 e. The minimum atomic E-state index is 0.393. The zero-order chi connectivity index (χ0) is 12.1. The number of aromatic nitrogens is 2. The first-order valence-corrected chi connectivity index (χ1v) is 6.46. The van der Waals surface area contributed by atoms with Crippen molar-refractivity contribution < 1.29 is 4.74 Å². The smallest absolute Gasteiger partial charge is 0.318 e. The van der Waals surface area contributed by atoms with Gasteiger partial charge in [0, 0.05) is 5.69 Å². The van der Waals surface area contributed by atoms with E-state index in [2.05, 4.69) is 15.3 Å². The van der Waals surface area contributed by atoms with Gasteiger partial charge in [0.25, 0.3) is 0 Å². The van der Waals surface area contributed by atoms with Crippen molar-refractivity contribution in [2.75, 3.05) is 19.7 Å². The van der Waals surface area contributed by atoms with E-state index in [0.29, 0.717) is 17.8 Å². The summed E-state index contributed by atoms with van der Waals surface area (Å²) in [6, 6.07) is 2.12. The average Bonchev–Trinajstić information content (AvgIpc) is 2.29. The van der Waals surface area contributed by atoms with E-state index in [1.807, 2.05) is 6.92 Å². The van der Waals surface area contributed by atoms with Crippen molar-refractivity contribution >= 4 is 11.6 Å². The Balaban J connectivity index is 1.77. The molecule has 1 saturated heterocycles. The highest BCUT2D eigenvalue weighted by Crippen LogP contribution is 2.17. The maximum absolute atomic E-state index is 5.84. The van der Waals surface area contributed by atoms with Gasteiger partial charge in [-0.05, 0) is 51.3 Å². The third kappa shape index (κ3) is 4.13. The van der Waals surface area contributed by atoms with Crippen molar-refractivity contribution in [1.82, 2.24) is 15.3 Å². The molecule has 2 heterocycles. The van der Waals surface area contributed by atoms with E-state index >= 15 is 0 Å². The number of rotatable bonds is 4. The van der Waals surface area contributed by atoms with Crippen LogP contribution in [0, 0.1) is 12.8 Å². The van der Waals surface area contributed by atoms with Crippen LogP contribution >= 0.6 is 11.6 Å². The van der Waals surface area contributed by atoms with E-state index in [1.54, 1.807) is 6.07 Å². The molecule has 2 rings (SSSR count). The normalized spacial score (nSPS) is 17.1. The molecule has 0 saturated carbocycles. The van der Waals surface area contributed by atoms with Crippen LogP contribution in [0.1, 0.15) is 25.0 Å². The fourth-order valence-electron chi connectivity index (χ4n) is 2.06. The number of aryl methyl sites for hydroxylation is 1. The topological polar surface area (TPSA) is 47.0 Å². The van der Waals surface area contributed by atoms with E-state index in [4.69, 9.17) is 16.3 Å². The highest BCUT2D eigenvalue weighted by atomic mass is 35.5. The molecule has 17 heavy (non-hydrogen) atoms. The number of hydrogen-bond donors (Lipinski definition) is 1.